The SMILES string of the molecule is NC(=O)C(O)CNCc1nccs1. The van der Waals surface area contributed by atoms with Crippen molar-refractivity contribution < 1.29 is 9.90 Å². The Morgan fingerprint density at radius 2 is 2.62 bits per heavy atom. The van der Waals surface area contributed by atoms with E-state index in [-0.39, 0.29) is 6.54 Å². The van der Waals surface area contributed by atoms with Crippen molar-refractivity contribution in [2.24, 2.45) is 5.73 Å². The zero-order valence-corrected chi connectivity index (χ0v) is 7.75. The quantitative estimate of drug-likeness (QED) is 0.575. The van der Waals surface area contributed by atoms with Gasteiger partial charge in [0.05, 0.1) is 0 Å². The van der Waals surface area contributed by atoms with Gasteiger partial charge < -0.3 is 16.2 Å². The largest absolute Gasteiger partial charge is 0.382 e. The molecule has 72 valence electrons. The number of rotatable bonds is 5. The van der Waals surface area contributed by atoms with Gasteiger partial charge in [-0.1, -0.05) is 0 Å². The summed E-state index contributed by atoms with van der Waals surface area (Å²) in [6.07, 6.45) is 0.576. The number of aliphatic hydroxyl groups excluding tert-OH is 1. The van der Waals surface area contributed by atoms with Crippen LogP contribution >= 0.6 is 11.3 Å². The van der Waals surface area contributed by atoms with Crippen molar-refractivity contribution in [3.8, 4) is 0 Å². The van der Waals surface area contributed by atoms with Gasteiger partial charge in [-0.2, -0.15) is 0 Å². The molecule has 4 N–H and O–H groups in total. The third-order valence-corrected chi connectivity index (χ3v) is 2.21. The summed E-state index contributed by atoms with van der Waals surface area (Å²) in [6, 6.07) is 0. The van der Waals surface area contributed by atoms with E-state index in [1.54, 1.807) is 6.20 Å². The van der Waals surface area contributed by atoms with Gasteiger partial charge in [-0.05, 0) is 0 Å². The molecule has 0 aliphatic heterocycles. The standard InChI is InChI=1S/C7H11N3O2S/c8-7(12)5(11)3-9-4-6-10-1-2-13-6/h1-2,5,9,11H,3-4H2,(H2,8,12). The van der Waals surface area contributed by atoms with Crippen LogP contribution in [0.4, 0.5) is 0 Å². The smallest absolute Gasteiger partial charge is 0.247 e. The number of aliphatic hydroxyl groups is 1. The highest BCUT2D eigenvalue weighted by Crippen LogP contribution is 2.02. The molecule has 6 heteroatoms. The van der Waals surface area contributed by atoms with E-state index in [0.717, 1.165) is 5.01 Å². The molecule has 13 heavy (non-hydrogen) atoms. The van der Waals surface area contributed by atoms with Crippen LogP contribution < -0.4 is 11.1 Å². The molecule has 0 saturated carbocycles. The van der Waals surface area contributed by atoms with Crippen LogP contribution in [-0.4, -0.2) is 28.6 Å². The topological polar surface area (TPSA) is 88.2 Å². The molecular formula is C7H11N3O2S. The number of nitrogens with one attached hydrogen (secondary N) is 1. The van der Waals surface area contributed by atoms with Gasteiger partial charge >= 0.3 is 0 Å². The maximum Gasteiger partial charge on any atom is 0.247 e. The summed E-state index contributed by atoms with van der Waals surface area (Å²) in [5.74, 6) is -0.716. The summed E-state index contributed by atoms with van der Waals surface area (Å²) in [4.78, 5) is 14.4. The molecule has 1 unspecified atom stereocenters. The number of hydrogen-bond donors (Lipinski definition) is 3. The van der Waals surface area contributed by atoms with Crippen LogP contribution in [0.1, 0.15) is 5.01 Å². The summed E-state index contributed by atoms with van der Waals surface area (Å²) >= 11 is 1.51. The number of aromatic nitrogens is 1. The van der Waals surface area contributed by atoms with Gasteiger partial charge in [0.25, 0.3) is 0 Å². The van der Waals surface area contributed by atoms with Crippen LogP contribution in [0, 0.1) is 0 Å². The van der Waals surface area contributed by atoms with E-state index in [4.69, 9.17) is 10.8 Å². The summed E-state index contributed by atoms with van der Waals surface area (Å²) < 4.78 is 0. The molecule has 5 nitrogen and oxygen atoms in total. The minimum Gasteiger partial charge on any atom is -0.382 e. The Labute approximate surface area is 79.6 Å². The van der Waals surface area contributed by atoms with Crippen LogP contribution in [0.25, 0.3) is 0 Å². The van der Waals surface area contributed by atoms with Crippen LogP contribution in [0.3, 0.4) is 0 Å². The van der Waals surface area contributed by atoms with Gasteiger partial charge in [-0.15, -0.1) is 11.3 Å². The molecule has 1 rings (SSSR count). The lowest BCUT2D eigenvalue weighted by molar-refractivity contribution is -0.125. The Morgan fingerprint density at radius 3 is 3.15 bits per heavy atom. The Kier molecular flexibility index (Phi) is 3.81. The Balaban J connectivity index is 2.18. The van der Waals surface area contributed by atoms with Crippen molar-refractivity contribution in [1.29, 1.82) is 0 Å². The second kappa shape index (κ2) is 4.90. The van der Waals surface area contributed by atoms with Crippen LogP contribution in [-0.2, 0) is 11.3 Å². The fourth-order valence-electron chi connectivity index (χ4n) is 0.757. The highest BCUT2D eigenvalue weighted by Gasteiger charge is 2.09. The molecule has 1 aromatic heterocycles. The molecule has 0 spiro atoms. The second-order valence-electron chi connectivity index (χ2n) is 2.47. The Morgan fingerprint density at radius 1 is 1.85 bits per heavy atom. The van der Waals surface area contributed by atoms with Gasteiger partial charge in [0.15, 0.2) is 0 Å². The molecule has 1 atom stereocenters. The van der Waals surface area contributed by atoms with E-state index in [0.29, 0.717) is 6.54 Å². The highest BCUT2D eigenvalue weighted by molar-refractivity contribution is 7.09. The van der Waals surface area contributed by atoms with Gasteiger partial charge in [-0.3, -0.25) is 4.79 Å². The summed E-state index contributed by atoms with van der Waals surface area (Å²) in [6.45, 7) is 0.705. The Bertz CT molecular complexity index is 263. The molecular weight excluding hydrogens is 190 g/mol. The number of thiazole rings is 1. The van der Waals surface area contributed by atoms with Gasteiger partial charge in [-0.25, -0.2) is 4.98 Å². The van der Waals surface area contributed by atoms with Crippen LogP contribution in [0.2, 0.25) is 0 Å². The number of nitrogens with two attached hydrogens (primary N) is 1. The van der Waals surface area contributed by atoms with Crippen LogP contribution in [0.15, 0.2) is 11.6 Å². The first-order valence-electron chi connectivity index (χ1n) is 3.76. The predicted octanol–water partition coefficient (Wildman–Crippen LogP) is -0.921. The van der Waals surface area contributed by atoms with Gasteiger partial charge in [0.2, 0.25) is 5.91 Å². The number of primary amides is 1. The maximum atomic E-state index is 10.4. The normalized spacial score (nSPS) is 12.7. The average molecular weight is 201 g/mol. The predicted molar refractivity (Wildman–Crippen MR) is 49.0 cm³/mol. The van der Waals surface area contributed by atoms with Crippen molar-refractivity contribution in [2.75, 3.05) is 6.54 Å². The molecule has 0 radical (unpaired) electrons. The summed E-state index contributed by atoms with van der Waals surface area (Å²) in [5, 5.41) is 14.6. The van der Waals surface area contributed by atoms with Gasteiger partial charge in [0, 0.05) is 24.7 Å². The number of nitrogens with zero attached hydrogens (tertiary/aromatic N) is 1. The molecule has 0 aliphatic rings. The van der Waals surface area contributed by atoms with Crippen molar-refractivity contribution in [3.63, 3.8) is 0 Å². The maximum absolute atomic E-state index is 10.4. The molecule has 0 aliphatic carbocycles. The number of amides is 1. The average Bonchev–Trinajstić information content (AvgIpc) is 2.56. The molecule has 1 heterocycles. The molecule has 1 amide bonds. The lowest BCUT2D eigenvalue weighted by atomic mass is 10.3. The van der Waals surface area contributed by atoms with Crippen LogP contribution in [0.5, 0.6) is 0 Å². The minimum absolute atomic E-state index is 0.162. The third-order valence-electron chi connectivity index (χ3n) is 1.43. The second-order valence-corrected chi connectivity index (χ2v) is 3.45. The van der Waals surface area contributed by atoms with E-state index in [1.165, 1.54) is 11.3 Å². The van der Waals surface area contributed by atoms with E-state index in [1.807, 2.05) is 5.38 Å². The molecule has 0 fully saturated rings. The third kappa shape index (κ3) is 3.49. The van der Waals surface area contributed by atoms with Gasteiger partial charge in [0.1, 0.15) is 11.1 Å². The van der Waals surface area contributed by atoms with Crippen molar-refractivity contribution in [3.05, 3.63) is 16.6 Å². The zero-order chi connectivity index (χ0) is 9.68. The fourth-order valence-corrected chi connectivity index (χ4v) is 1.34. The van der Waals surface area contributed by atoms with Crippen molar-refractivity contribution in [2.45, 2.75) is 12.6 Å². The van der Waals surface area contributed by atoms with E-state index >= 15 is 0 Å². The number of carbonyl (C=O) groups excluding carboxylic acids is 1. The van der Waals surface area contributed by atoms with Crippen molar-refractivity contribution >= 4 is 17.2 Å². The molecule has 0 bridgehead atoms. The first-order valence-corrected chi connectivity index (χ1v) is 4.64. The monoisotopic (exact) mass is 201 g/mol. The fraction of sp³-hybridized carbons (Fsp3) is 0.429. The minimum atomic E-state index is -1.13. The first-order chi connectivity index (χ1) is 6.20. The van der Waals surface area contributed by atoms with E-state index in [2.05, 4.69) is 10.3 Å². The number of carbonyl (C=O) groups is 1. The lowest BCUT2D eigenvalue weighted by Crippen LogP contribution is -2.37. The number of hydrogen-bond acceptors (Lipinski definition) is 5. The molecule has 0 aromatic carbocycles. The first kappa shape index (κ1) is 10.1. The van der Waals surface area contributed by atoms with E-state index in [9.17, 15) is 4.79 Å². The molecule has 1 aromatic rings. The summed E-state index contributed by atoms with van der Waals surface area (Å²) in [5.41, 5.74) is 4.85. The highest BCUT2D eigenvalue weighted by atomic mass is 32.1. The Hall–Kier alpha value is -0.980. The summed E-state index contributed by atoms with van der Waals surface area (Å²) in [7, 11) is 0. The van der Waals surface area contributed by atoms with Crippen molar-refractivity contribution in [1.82, 2.24) is 10.3 Å². The zero-order valence-electron chi connectivity index (χ0n) is 6.93. The molecule has 0 saturated heterocycles. The lowest BCUT2D eigenvalue weighted by Gasteiger charge is -2.06. The van der Waals surface area contributed by atoms with E-state index < -0.39 is 12.0 Å².